The van der Waals surface area contributed by atoms with Crippen LogP contribution in [0.25, 0.3) is 11.0 Å². The van der Waals surface area contributed by atoms with Crippen molar-refractivity contribution in [2.75, 3.05) is 0 Å². The van der Waals surface area contributed by atoms with Crippen LogP contribution in [0.4, 0.5) is 0 Å². The number of aromatic nitrogens is 2. The Bertz CT molecular complexity index is 615. The first-order chi connectivity index (χ1) is 9.03. The third-order valence-corrected chi connectivity index (χ3v) is 3.99. The van der Waals surface area contributed by atoms with E-state index in [9.17, 15) is 4.79 Å². The molecule has 0 saturated heterocycles. The summed E-state index contributed by atoms with van der Waals surface area (Å²) in [6, 6.07) is 5.87. The summed E-state index contributed by atoms with van der Waals surface area (Å²) in [5, 5.41) is 3.13. The maximum absolute atomic E-state index is 12.2. The molecule has 100 valence electrons. The highest BCUT2D eigenvalue weighted by Gasteiger charge is 2.31. The van der Waals surface area contributed by atoms with E-state index >= 15 is 0 Å². The maximum Gasteiger partial charge on any atom is 0.251 e. The number of imidazole rings is 1. The Morgan fingerprint density at radius 3 is 3.05 bits per heavy atom. The summed E-state index contributed by atoms with van der Waals surface area (Å²) in [5.41, 5.74) is 2.84. The van der Waals surface area contributed by atoms with E-state index in [1.807, 2.05) is 18.2 Å². The molecule has 1 atom stereocenters. The van der Waals surface area contributed by atoms with E-state index in [0.717, 1.165) is 23.9 Å². The van der Waals surface area contributed by atoms with Crippen molar-refractivity contribution < 1.29 is 4.79 Å². The van der Waals surface area contributed by atoms with E-state index in [2.05, 4.69) is 29.1 Å². The first-order valence-electron chi connectivity index (χ1n) is 6.77. The second-order valence-corrected chi connectivity index (χ2v) is 6.21. The number of aromatic amines is 1. The summed E-state index contributed by atoms with van der Waals surface area (Å²) >= 11 is 0. The summed E-state index contributed by atoms with van der Waals surface area (Å²) in [7, 11) is 0. The third-order valence-electron chi connectivity index (χ3n) is 3.99. The Morgan fingerprint density at radius 1 is 1.47 bits per heavy atom. The van der Waals surface area contributed by atoms with Gasteiger partial charge in [0.05, 0.1) is 17.4 Å². The van der Waals surface area contributed by atoms with Crippen molar-refractivity contribution in [2.24, 2.45) is 5.41 Å². The number of hydrogen-bond acceptors (Lipinski definition) is 2. The maximum atomic E-state index is 12.2. The van der Waals surface area contributed by atoms with E-state index in [1.54, 1.807) is 6.33 Å². The molecule has 4 heteroatoms. The number of nitrogens with zero attached hydrogens (tertiary/aromatic N) is 1. The van der Waals surface area contributed by atoms with Crippen molar-refractivity contribution in [3.63, 3.8) is 0 Å². The van der Waals surface area contributed by atoms with E-state index in [0.29, 0.717) is 17.0 Å². The number of carbonyl (C=O) groups excluding carboxylic acids is 1. The van der Waals surface area contributed by atoms with Gasteiger partial charge in [-0.1, -0.05) is 13.8 Å². The quantitative estimate of drug-likeness (QED) is 0.869. The molecule has 0 aliphatic heterocycles. The molecule has 0 bridgehead atoms. The van der Waals surface area contributed by atoms with Crippen LogP contribution < -0.4 is 5.32 Å². The summed E-state index contributed by atoms with van der Waals surface area (Å²) < 4.78 is 0. The molecule has 0 spiro atoms. The predicted molar refractivity (Wildman–Crippen MR) is 75.0 cm³/mol. The molecule has 1 saturated carbocycles. The fourth-order valence-electron chi connectivity index (χ4n) is 2.90. The second-order valence-electron chi connectivity index (χ2n) is 6.21. The lowest BCUT2D eigenvalue weighted by molar-refractivity contribution is 0.0936. The van der Waals surface area contributed by atoms with Crippen LogP contribution in [0.2, 0.25) is 0 Å². The molecule has 1 aliphatic rings. The standard InChI is InChI=1S/C15H19N3O/c1-15(2)6-5-11(8-15)18-14(19)10-3-4-12-13(7-10)17-9-16-12/h3-4,7,9,11H,5-6,8H2,1-2H3,(H,16,17)(H,18,19). The fourth-order valence-corrected chi connectivity index (χ4v) is 2.90. The number of H-pyrrole nitrogens is 1. The monoisotopic (exact) mass is 257 g/mol. The first kappa shape index (κ1) is 12.2. The van der Waals surface area contributed by atoms with Gasteiger partial charge in [0.15, 0.2) is 0 Å². The van der Waals surface area contributed by atoms with Crippen LogP contribution in [0.3, 0.4) is 0 Å². The summed E-state index contributed by atoms with van der Waals surface area (Å²) in [5.74, 6) is 0.0131. The van der Waals surface area contributed by atoms with Gasteiger partial charge in [-0.15, -0.1) is 0 Å². The van der Waals surface area contributed by atoms with Crippen molar-refractivity contribution in [1.82, 2.24) is 15.3 Å². The Morgan fingerprint density at radius 2 is 2.32 bits per heavy atom. The summed E-state index contributed by atoms with van der Waals surface area (Å²) in [4.78, 5) is 19.4. The van der Waals surface area contributed by atoms with Crippen molar-refractivity contribution in [1.29, 1.82) is 0 Å². The van der Waals surface area contributed by atoms with Crippen LogP contribution in [-0.2, 0) is 0 Å². The van der Waals surface area contributed by atoms with Crippen LogP contribution in [0, 0.1) is 5.41 Å². The second kappa shape index (κ2) is 4.37. The molecule has 2 aromatic rings. The van der Waals surface area contributed by atoms with Crippen molar-refractivity contribution in [3.8, 4) is 0 Å². The highest BCUT2D eigenvalue weighted by atomic mass is 16.1. The molecule has 3 rings (SSSR count). The Hall–Kier alpha value is -1.84. The molecule has 19 heavy (non-hydrogen) atoms. The van der Waals surface area contributed by atoms with Gasteiger partial charge in [0.1, 0.15) is 0 Å². The van der Waals surface area contributed by atoms with Gasteiger partial charge >= 0.3 is 0 Å². The van der Waals surface area contributed by atoms with Gasteiger partial charge in [0.25, 0.3) is 5.91 Å². The lowest BCUT2D eigenvalue weighted by Gasteiger charge is -2.17. The zero-order valence-corrected chi connectivity index (χ0v) is 11.4. The zero-order valence-electron chi connectivity index (χ0n) is 11.4. The van der Waals surface area contributed by atoms with Crippen LogP contribution >= 0.6 is 0 Å². The van der Waals surface area contributed by atoms with Gasteiger partial charge in [-0.05, 0) is 42.9 Å². The van der Waals surface area contributed by atoms with E-state index < -0.39 is 0 Å². The highest BCUT2D eigenvalue weighted by molar-refractivity contribution is 5.97. The molecule has 1 heterocycles. The molecule has 1 aliphatic carbocycles. The number of rotatable bonds is 2. The molecule has 1 unspecified atom stereocenters. The first-order valence-corrected chi connectivity index (χ1v) is 6.77. The largest absolute Gasteiger partial charge is 0.349 e. The Balaban J connectivity index is 1.73. The number of fused-ring (bicyclic) bond motifs is 1. The molecular weight excluding hydrogens is 238 g/mol. The molecule has 1 aromatic heterocycles. The van der Waals surface area contributed by atoms with E-state index in [-0.39, 0.29) is 5.91 Å². The van der Waals surface area contributed by atoms with Gasteiger partial charge in [0.2, 0.25) is 0 Å². The average molecular weight is 257 g/mol. The van der Waals surface area contributed by atoms with Crippen LogP contribution in [-0.4, -0.2) is 21.9 Å². The lowest BCUT2D eigenvalue weighted by atomic mass is 9.92. The molecular formula is C15H19N3O. The highest BCUT2D eigenvalue weighted by Crippen LogP contribution is 2.36. The fraction of sp³-hybridized carbons (Fsp3) is 0.467. The third kappa shape index (κ3) is 2.48. The molecule has 1 fully saturated rings. The van der Waals surface area contributed by atoms with Crippen molar-refractivity contribution >= 4 is 16.9 Å². The zero-order chi connectivity index (χ0) is 13.5. The van der Waals surface area contributed by atoms with Gasteiger partial charge in [-0.3, -0.25) is 4.79 Å². The number of benzene rings is 1. The van der Waals surface area contributed by atoms with Crippen molar-refractivity contribution in [3.05, 3.63) is 30.1 Å². The molecule has 1 amide bonds. The van der Waals surface area contributed by atoms with Crippen LogP contribution in [0.1, 0.15) is 43.5 Å². The Labute approximate surface area is 112 Å². The SMILES string of the molecule is CC1(C)CCC(NC(=O)c2ccc3nc[nH]c3c2)C1. The molecule has 2 N–H and O–H groups in total. The predicted octanol–water partition coefficient (Wildman–Crippen LogP) is 2.87. The smallest absolute Gasteiger partial charge is 0.251 e. The number of hydrogen-bond donors (Lipinski definition) is 2. The topological polar surface area (TPSA) is 57.8 Å². The molecule has 1 aromatic carbocycles. The summed E-state index contributed by atoms with van der Waals surface area (Å²) in [6.07, 6.45) is 4.96. The Kier molecular flexibility index (Phi) is 2.81. The van der Waals surface area contributed by atoms with Gasteiger partial charge < -0.3 is 10.3 Å². The summed E-state index contributed by atoms with van der Waals surface area (Å²) in [6.45, 7) is 4.52. The minimum atomic E-state index is 0.0131. The number of carbonyl (C=O) groups is 1. The van der Waals surface area contributed by atoms with Crippen LogP contribution in [0.15, 0.2) is 24.5 Å². The normalized spacial score (nSPS) is 21.7. The molecule has 4 nitrogen and oxygen atoms in total. The average Bonchev–Trinajstić information content (AvgIpc) is 2.94. The van der Waals surface area contributed by atoms with Crippen LogP contribution in [0.5, 0.6) is 0 Å². The van der Waals surface area contributed by atoms with E-state index in [4.69, 9.17) is 0 Å². The van der Waals surface area contributed by atoms with E-state index in [1.165, 1.54) is 6.42 Å². The van der Waals surface area contributed by atoms with Gasteiger partial charge in [-0.2, -0.15) is 0 Å². The number of amides is 1. The number of nitrogens with one attached hydrogen (secondary N) is 2. The lowest BCUT2D eigenvalue weighted by Crippen LogP contribution is -2.33. The van der Waals surface area contributed by atoms with Crippen molar-refractivity contribution in [2.45, 2.75) is 39.2 Å². The van der Waals surface area contributed by atoms with Gasteiger partial charge in [-0.25, -0.2) is 4.98 Å². The molecule has 0 radical (unpaired) electrons. The van der Waals surface area contributed by atoms with Gasteiger partial charge in [0, 0.05) is 11.6 Å². The minimum Gasteiger partial charge on any atom is -0.349 e. The minimum absolute atomic E-state index is 0.0131.